The second-order valence-electron chi connectivity index (χ2n) is 7.51. The lowest BCUT2D eigenvalue weighted by atomic mass is 9.96. The normalized spacial score (nSPS) is 21.3. The Hall–Kier alpha value is -2.21. The van der Waals surface area contributed by atoms with Gasteiger partial charge in [0.2, 0.25) is 0 Å². The first kappa shape index (κ1) is 17.2. The number of nitrogens with one attached hydrogen (secondary N) is 1. The largest absolute Gasteiger partial charge is 0.330 e. The molecule has 2 fully saturated rings. The van der Waals surface area contributed by atoms with Gasteiger partial charge in [-0.1, -0.05) is 23.4 Å². The monoisotopic (exact) mass is 353 g/mol. The van der Waals surface area contributed by atoms with E-state index in [9.17, 15) is 4.79 Å². The van der Waals surface area contributed by atoms with E-state index in [1.165, 1.54) is 16.7 Å². The summed E-state index contributed by atoms with van der Waals surface area (Å²) in [5.41, 5.74) is 4.30. The molecule has 0 aliphatic carbocycles. The highest BCUT2D eigenvalue weighted by molar-refractivity contribution is 5.92. The van der Waals surface area contributed by atoms with E-state index >= 15 is 0 Å². The predicted octanol–water partition coefficient (Wildman–Crippen LogP) is 2.80. The van der Waals surface area contributed by atoms with Crippen molar-refractivity contribution in [1.29, 1.82) is 0 Å². The van der Waals surface area contributed by atoms with Gasteiger partial charge in [-0.05, 0) is 69.3 Å². The Morgan fingerprint density at radius 2 is 2.00 bits per heavy atom. The molecule has 1 aromatic carbocycles. The Morgan fingerprint density at radius 1 is 1.19 bits per heavy atom. The van der Waals surface area contributed by atoms with Gasteiger partial charge in [-0.3, -0.25) is 4.79 Å². The third-order valence-corrected chi connectivity index (χ3v) is 5.93. The average molecular weight is 353 g/mol. The minimum atomic E-state index is 0.00795. The Labute approximate surface area is 154 Å². The minimum Gasteiger partial charge on any atom is -0.330 e. The maximum atomic E-state index is 13.1. The molecule has 3 heterocycles. The number of piperidine rings is 1. The van der Waals surface area contributed by atoms with Crippen LogP contribution in [0.1, 0.15) is 64.9 Å². The zero-order chi connectivity index (χ0) is 18.1. The molecule has 0 unspecified atom stereocenters. The Bertz CT molecular complexity index is 793. The first-order chi connectivity index (χ1) is 12.6. The summed E-state index contributed by atoms with van der Waals surface area (Å²) in [5, 5.41) is 11.8. The zero-order valence-corrected chi connectivity index (χ0v) is 15.6. The summed E-state index contributed by atoms with van der Waals surface area (Å²) in [5.74, 6) is 0.00795. The molecular weight excluding hydrogens is 326 g/mol. The first-order valence-corrected chi connectivity index (χ1v) is 9.65. The number of aryl methyl sites for hydroxylation is 1. The summed E-state index contributed by atoms with van der Waals surface area (Å²) >= 11 is 0. The van der Waals surface area contributed by atoms with Crippen LogP contribution in [0.5, 0.6) is 0 Å². The SMILES string of the molecule is Cc1cccc([C@@H]2CCCN2C(=O)c2cn(C3CCNCC3)nn2)c1C. The number of likely N-dealkylation sites (tertiary alicyclic amines) is 1. The maximum absolute atomic E-state index is 13.1. The van der Waals surface area contributed by atoms with Crippen LogP contribution in [0, 0.1) is 13.8 Å². The van der Waals surface area contributed by atoms with Crippen molar-refractivity contribution >= 4 is 5.91 Å². The molecule has 26 heavy (non-hydrogen) atoms. The molecule has 1 amide bonds. The van der Waals surface area contributed by atoms with Crippen LogP contribution >= 0.6 is 0 Å². The van der Waals surface area contributed by atoms with E-state index < -0.39 is 0 Å². The molecule has 4 rings (SSSR count). The summed E-state index contributed by atoms with van der Waals surface area (Å²) in [7, 11) is 0. The molecule has 1 N–H and O–H groups in total. The lowest BCUT2D eigenvalue weighted by Crippen LogP contribution is -2.31. The molecule has 2 aliphatic heterocycles. The van der Waals surface area contributed by atoms with Gasteiger partial charge in [0.05, 0.1) is 18.3 Å². The quantitative estimate of drug-likeness (QED) is 0.922. The van der Waals surface area contributed by atoms with E-state index in [0.29, 0.717) is 11.7 Å². The summed E-state index contributed by atoms with van der Waals surface area (Å²) in [6, 6.07) is 6.87. The summed E-state index contributed by atoms with van der Waals surface area (Å²) in [6.07, 6.45) is 5.96. The molecular formula is C20H27N5O. The van der Waals surface area contributed by atoms with Crippen LogP contribution in [0.15, 0.2) is 24.4 Å². The second-order valence-corrected chi connectivity index (χ2v) is 7.51. The van der Waals surface area contributed by atoms with Gasteiger partial charge in [0, 0.05) is 6.54 Å². The Balaban J connectivity index is 1.55. The first-order valence-electron chi connectivity index (χ1n) is 9.65. The van der Waals surface area contributed by atoms with Crippen molar-refractivity contribution in [3.63, 3.8) is 0 Å². The molecule has 1 aromatic heterocycles. The van der Waals surface area contributed by atoms with E-state index in [1.807, 2.05) is 15.8 Å². The Kier molecular flexibility index (Phi) is 4.76. The number of amides is 1. The highest BCUT2D eigenvalue weighted by Gasteiger charge is 2.33. The lowest BCUT2D eigenvalue weighted by Gasteiger charge is -2.26. The van der Waals surface area contributed by atoms with Crippen LogP contribution in [0.4, 0.5) is 0 Å². The van der Waals surface area contributed by atoms with E-state index in [4.69, 9.17) is 0 Å². The van der Waals surface area contributed by atoms with Gasteiger partial charge in [0.1, 0.15) is 0 Å². The standard InChI is InChI=1S/C20H27N5O/c1-14-5-3-6-17(15(14)2)19-7-4-12-24(19)20(26)18-13-25(23-22-18)16-8-10-21-11-9-16/h3,5-6,13,16,19,21H,4,7-12H2,1-2H3/t19-/m0/s1. The van der Waals surface area contributed by atoms with E-state index in [2.05, 4.69) is 47.7 Å². The number of nitrogens with zero attached hydrogens (tertiary/aromatic N) is 4. The van der Waals surface area contributed by atoms with E-state index in [0.717, 1.165) is 45.3 Å². The van der Waals surface area contributed by atoms with Crippen LogP contribution in [0.25, 0.3) is 0 Å². The Morgan fingerprint density at radius 3 is 2.81 bits per heavy atom. The lowest BCUT2D eigenvalue weighted by molar-refractivity contribution is 0.0729. The van der Waals surface area contributed by atoms with Gasteiger partial charge in [-0.25, -0.2) is 4.68 Å². The fourth-order valence-corrected chi connectivity index (χ4v) is 4.24. The van der Waals surface area contributed by atoms with Crippen LogP contribution in [0.3, 0.4) is 0 Å². The molecule has 0 bridgehead atoms. The summed E-state index contributed by atoms with van der Waals surface area (Å²) < 4.78 is 1.89. The minimum absolute atomic E-state index is 0.00795. The van der Waals surface area contributed by atoms with Crippen LogP contribution < -0.4 is 5.32 Å². The van der Waals surface area contributed by atoms with Crippen molar-refractivity contribution in [1.82, 2.24) is 25.2 Å². The molecule has 2 aliphatic rings. The molecule has 2 aromatic rings. The molecule has 0 radical (unpaired) electrons. The number of hydrogen-bond acceptors (Lipinski definition) is 4. The van der Waals surface area contributed by atoms with Crippen LogP contribution in [-0.4, -0.2) is 45.4 Å². The number of rotatable bonds is 3. The van der Waals surface area contributed by atoms with Crippen LogP contribution in [0.2, 0.25) is 0 Å². The fourth-order valence-electron chi connectivity index (χ4n) is 4.24. The van der Waals surface area contributed by atoms with Crippen molar-refractivity contribution in [2.24, 2.45) is 0 Å². The molecule has 0 saturated carbocycles. The van der Waals surface area contributed by atoms with Gasteiger partial charge < -0.3 is 10.2 Å². The van der Waals surface area contributed by atoms with Gasteiger partial charge in [0.15, 0.2) is 5.69 Å². The van der Waals surface area contributed by atoms with Crippen molar-refractivity contribution in [2.75, 3.05) is 19.6 Å². The molecule has 6 heteroatoms. The number of hydrogen-bond donors (Lipinski definition) is 1. The smallest absolute Gasteiger partial charge is 0.276 e. The summed E-state index contributed by atoms with van der Waals surface area (Å²) in [4.78, 5) is 15.1. The predicted molar refractivity (Wildman–Crippen MR) is 100 cm³/mol. The van der Waals surface area contributed by atoms with Crippen molar-refractivity contribution in [3.8, 4) is 0 Å². The summed E-state index contributed by atoms with van der Waals surface area (Å²) in [6.45, 7) is 7.06. The molecule has 0 spiro atoms. The second kappa shape index (κ2) is 7.19. The maximum Gasteiger partial charge on any atom is 0.276 e. The fraction of sp³-hybridized carbons (Fsp3) is 0.550. The molecule has 2 saturated heterocycles. The molecule has 6 nitrogen and oxygen atoms in total. The topological polar surface area (TPSA) is 63.1 Å². The highest BCUT2D eigenvalue weighted by Crippen LogP contribution is 2.35. The number of benzene rings is 1. The van der Waals surface area contributed by atoms with Crippen LogP contribution in [-0.2, 0) is 0 Å². The van der Waals surface area contributed by atoms with Gasteiger partial charge in [0.25, 0.3) is 5.91 Å². The van der Waals surface area contributed by atoms with Gasteiger partial charge >= 0.3 is 0 Å². The third kappa shape index (κ3) is 3.14. The van der Waals surface area contributed by atoms with Crippen molar-refractivity contribution in [2.45, 2.75) is 51.6 Å². The average Bonchev–Trinajstić information content (AvgIpc) is 3.34. The van der Waals surface area contributed by atoms with E-state index in [1.54, 1.807) is 0 Å². The van der Waals surface area contributed by atoms with E-state index in [-0.39, 0.29) is 11.9 Å². The molecule has 1 atom stereocenters. The number of aromatic nitrogens is 3. The zero-order valence-electron chi connectivity index (χ0n) is 15.6. The van der Waals surface area contributed by atoms with Crippen molar-refractivity contribution < 1.29 is 4.79 Å². The van der Waals surface area contributed by atoms with Crippen molar-refractivity contribution in [3.05, 3.63) is 46.8 Å². The van der Waals surface area contributed by atoms with Gasteiger partial charge in [-0.15, -0.1) is 5.10 Å². The number of carbonyl (C=O) groups is 1. The van der Waals surface area contributed by atoms with Gasteiger partial charge in [-0.2, -0.15) is 0 Å². The highest BCUT2D eigenvalue weighted by atomic mass is 16.2. The number of carbonyl (C=O) groups excluding carboxylic acids is 1. The third-order valence-electron chi connectivity index (χ3n) is 5.93. The molecule has 138 valence electrons.